The topological polar surface area (TPSA) is 64.7 Å². The highest BCUT2D eigenvalue weighted by Crippen LogP contribution is 2.32. The van der Waals surface area contributed by atoms with Crippen molar-refractivity contribution < 1.29 is 9.59 Å². The quantitative estimate of drug-likeness (QED) is 0.783. The maximum Gasteiger partial charge on any atom is 0.319 e. The number of nitrogens with one attached hydrogen (secondary N) is 2. The summed E-state index contributed by atoms with van der Waals surface area (Å²) in [7, 11) is 3.98. The van der Waals surface area contributed by atoms with E-state index in [0.29, 0.717) is 12.6 Å². The Labute approximate surface area is 156 Å². The van der Waals surface area contributed by atoms with Crippen LogP contribution < -0.4 is 15.5 Å². The van der Waals surface area contributed by atoms with Crippen LogP contribution in [0.3, 0.4) is 0 Å². The summed E-state index contributed by atoms with van der Waals surface area (Å²) in [5.41, 5.74) is 2.83. The number of urea groups is 1. The molecule has 0 radical (unpaired) electrons. The zero-order valence-electron chi connectivity index (χ0n) is 16.8. The first-order valence-electron chi connectivity index (χ1n) is 9.37. The van der Waals surface area contributed by atoms with Crippen molar-refractivity contribution in [1.82, 2.24) is 10.2 Å². The summed E-state index contributed by atoms with van der Waals surface area (Å²) in [6, 6.07) is 6.06. The van der Waals surface area contributed by atoms with E-state index < -0.39 is 0 Å². The molecule has 1 fully saturated rings. The second kappa shape index (κ2) is 8.43. The number of carbonyl (C=O) groups excluding carboxylic acids is 2. The molecular formula is C20H32N4O2. The van der Waals surface area contributed by atoms with E-state index in [2.05, 4.69) is 10.6 Å². The van der Waals surface area contributed by atoms with Crippen LogP contribution in [0.1, 0.15) is 46.1 Å². The Morgan fingerprint density at radius 2 is 1.81 bits per heavy atom. The van der Waals surface area contributed by atoms with Gasteiger partial charge in [-0.1, -0.05) is 13.8 Å². The highest BCUT2D eigenvalue weighted by atomic mass is 16.2. The number of anilines is 2. The number of carbonyl (C=O) groups is 2. The van der Waals surface area contributed by atoms with Crippen molar-refractivity contribution >= 4 is 23.3 Å². The molecule has 1 aromatic rings. The number of rotatable bonds is 7. The van der Waals surface area contributed by atoms with Crippen LogP contribution in [0.2, 0.25) is 0 Å². The summed E-state index contributed by atoms with van der Waals surface area (Å²) >= 11 is 0. The van der Waals surface area contributed by atoms with Crippen molar-refractivity contribution in [3.63, 3.8) is 0 Å². The molecule has 1 saturated carbocycles. The smallest absolute Gasteiger partial charge is 0.319 e. The van der Waals surface area contributed by atoms with Crippen molar-refractivity contribution in [3.05, 3.63) is 23.8 Å². The van der Waals surface area contributed by atoms with E-state index in [1.165, 1.54) is 0 Å². The van der Waals surface area contributed by atoms with E-state index in [0.717, 1.165) is 29.8 Å². The van der Waals surface area contributed by atoms with Gasteiger partial charge in [-0.2, -0.15) is 0 Å². The van der Waals surface area contributed by atoms with Crippen molar-refractivity contribution in [2.45, 2.75) is 59.2 Å². The van der Waals surface area contributed by atoms with Gasteiger partial charge in [-0.3, -0.25) is 4.79 Å². The summed E-state index contributed by atoms with van der Waals surface area (Å²) in [4.78, 5) is 28.7. The van der Waals surface area contributed by atoms with Crippen LogP contribution in [-0.4, -0.2) is 43.0 Å². The molecule has 0 saturated heterocycles. The lowest BCUT2D eigenvalue weighted by molar-refractivity contribution is -0.135. The normalized spacial score (nSPS) is 13.7. The number of benzene rings is 1. The minimum absolute atomic E-state index is 0.0171. The number of nitrogens with zero attached hydrogens (tertiary/aromatic N) is 2. The number of hydrogen-bond acceptors (Lipinski definition) is 3. The third kappa shape index (κ3) is 5.38. The van der Waals surface area contributed by atoms with Gasteiger partial charge in [0.25, 0.3) is 0 Å². The van der Waals surface area contributed by atoms with Crippen molar-refractivity contribution in [3.8, 4) is 0 Å². The van der Waals surface area contributed by atoms with E-state index in [1.807, 2.05) is 69.8 Å². The van der Waals surface area contributed by atoms with E-state index in [4.69, 9.17) is 0 Å². The van der Waals surface area contributed by atoms with Crippen LogP contribution in [0.5, 0.6) is 0 Å². The second-order valence-corrected chi connectivity index (χ2v) is 7.84. The molecular weight excluding hydrogens is 328 g/mol. The summed E-state index contributed by atoms with van der Waals surface area (Å²) in [5.74, 6) is 0.171. The molecule has 2 rings (SSSR count). The monoisotopic (exact) mass is 360 g/mol. The van der Waals surface area contributed by atoms with Crippen LogP contribution in [0.25, 0.3) is 0 Å². The standard InChI is InChI=1S/C20H32N4O2/c1-13(2)19(25)24(17-8-9-17)12-15-11-16(7-10-18(15)23(5)6)22-20(26)21-14(3)4/h7,10-11,13-14,17H,8-9,12H2,1-6H3,(H2,21,22,26). The first kappa shape index (κ1) is 20.1. The molecule has 0 bridgehead atoms. The zero-order valence-corrected chi connectivity index (χ0v) is 16.8. The van der Waals surface area contributed by atoms with E-state index >= 15 is 0 Å². The van der Waals surface area contributed by atoms with Gasteiger partial charge in [0.2, 0.25) is 5.91 Å². The molecule has 0 atom stereocenters. The van der Waals surface area contributed by atoms with Gasteiger partial charge in [-0.05, 0) is 50.5 Å². The molecule has 1 aromatic carbocycles. The van der Waals surface area contributed by atoms with Crippen molar-refractivity contribution in [2.75, 3.05) is 24.3 Å². The zero-order chi connectivity index (χ0) is 19.4. The average molecular weight is 361 g/mol. The SMILES string of the molecule is CC(C)NC(=O)Nc1ccc(N(C)C)c(CN(C(=O)C(C)C)C2CC2)c1. The van der Waals surface area contributed by atoms with Gasteiger partial charge in [0.05, 0.1) is 0 Å². The highest BCUT2D eigenvalue weighted by molar-refractivity contribution is 5.90. The first-order valence-corrected chi connectivity index (χ1v) is 9.37. The molecule has 1 aliphatic carbocycles. The molecule has 6 heteroatoms. The molecule has 3 amide bonds. The van der Waals surface area contributed by atoms with Gasteiger partial charge in [-0.15, -0.1) is 0 Å². The van der Waals surface area contributed by atoms with Gasteiger partial charge in [0.15, 0.2) is 0 Å². The molecule has 144 valence electrons. The van der Waals surface area contributed by atoms with Crippen LogP contribution >= 0.6 is 0 Å². The van der Waals surface area contributed by atoms with E-state index in [1.54, 1.807) is 0 Å². The van der Waals surface area contributed by atoms with Crippen molar-refractivity contribution in [2.24, 2.45) is 5.92 Å². The summed E-state index contributed by atoms with van der Waals surface area (Å²) in [6.45, 7) is 8.30. The van der Waals surface area contributed by atoms with E-state index in [9.17, 15) is 9.59 Å². The molecule has 2 N–H and O–H groups in total. The fraction of sp³-hybridized carbons (Fsp3) is 0.600. The molecule has 0 aliphatic heterocycles. The molecule has 1 aliphatic rings. The Hall–Kier alpha value is -2.24. The number of hydrogen-bond donors (Lipinski definition) is 2. The van der Waals surface area contributed by atoms with Gasteiger partial charge in [0.1, 0.15) is 0 Å². The molecule has 0 spiro atoms. The Bertz CT molecular complexity index is 651. The van der Waals surface area contributed by atoms with Gasteiger partial charge in [-0.25, -0.2) is 4.79 Å². The molecule has 0 aromatic heterocycles. The molecule has 6 nitrogen and oxygen atoms in total. The third-order valence-corrected chi connectivity index (χ3v) is 4.34. The van der Waals surface area contributed by atoms with Gasteiger partial charge in [0, 0.05) is 50.0 Å². The maximum atomic E-state index is 12.6. The number of amides is 3. The minimum Gasteiger partial charge on any atom is -0.377 e. The van der Waals surface area contributed by atoms with Crippen LogP contribution in [0.15, 0.2) is 18.2 Å². The van der Waals surface area contributed by atoms with Crippen LogP contribution in [0.4, 0.5) is 16.2 Å². The molecule has 0 unspecified atom stereocenters. The van der Waals surface area contributed by atoms with Gasteiger partial charge >= 0.3 is 6.03 Å². The first-order chi connectivity index (χ1) is 12.2. The Kier molecular flexibility index (Phi) is 6.51. The fourth-order valence-corrected chi connectivity index (χ4v) is 2.94. The predicted molar refractivity (Wildman–Crippen MR) is 106 cm³/mol. The van der Waals surface area contributed by atoms with Gasteiger partial charge < -0.3 is 20.4 Å². The van der Waals surface area contributed by atoms with Crippen LogP contribution in [0, 0.1) is 5.92 Å². The lowest BCUT2D eigenvalue weighted by atomic mass is 10.1. The second-order valence-electron chi connectivity index (χ2n) is 7.84. The predicted octanol–water partition coefficient (Wildman–Crippen LogP) is 3.43. The summed E-state index contributed by atoms with van der Waals surface area (Å²) in [5, 5.41) is 5.70. The lowest BCUT2D eigenvalue weighted by Gasteiger charge is -2.27. The summed E-state index contributed by atoms with van der Waals surface area (Å²) in [6.07, 6.45) is 2.15. The minimum atomic E-state index is -0.221. The molecule has 26 heavy (non-hydrogen) atoms. The highest BCUT2D eigenvalue weighted by Gasteiger charge is 2.34. The Balaban J connectivity index is 2.24. The Morgan fingerprint density at radius 3 is 2.31 bits per heavy atom. The third-order valence-electron chi connectivity index (χ3n) is 4.34. The fourth-order valence-electron chi connectivity index (χ4n) is 2.94. The van der Waals surface area contributed by atoms with Crippen molar-refractivity contribution in [1.29, 1.82) is 0 Å². The Morgan fingerprint density at radius 1 is 1.15 bits per heavy atom. The lowest BCUT2D eigenvalue weighted by Crippen LogP contribution is -2.36. The molecule has 0 heterocycles. The van der Waals surface area contributed by atoms with Crippen LogP contribution in [-0.2, 0) is 11.3 Å². The summed E-state index contributed by atoms with van der Waals surface area (Å²) < 4.78 is 0. The average Bonchev–Trinajstić information content (AvgIpc) is 3.35. The largest absolute Gasteiger partial charge is 0.377 e. The van der Waals surface area contributed by atoms with E-state index in [-0.39, 0.29) is 23.9 Å². The maximum absolute atomic E-state index is 12.6.